The predicted molar refractivity (Wildman–Crippen MR) is 149 cm³/mol. The number of hydrogen-bond donors (Lipinski definition) is 2. The Morgan fingerprint density at radius 3 is 2.67 bits per heavy atom. The molecule has 230 valence electrons. The Balaban J connectivity index is 1.40. The number of halogens is 3. The molecule has 0 bridgehead atoms. The van der Waals surface area contributed by atoms with E-state index in [1.807, 2.05) is 12.1 Å². The van der Waals surface area contributed by atoms with Crippen LogP contribution in [0.15, 0.2) is 18.2 Å². The van der Waals surface area contributed by atoms with Crippen molar-refractivity contribution in [3.05, 3.63) is 40.6 Å². The molecule has 1 aromatic heterocycles. The van der Waals surface area contributed by atoms with Crippen molar-refractivity contribution in [2.24, 2.45) is 0 Å². The third-order valence-corrected chi connectivity index (χ3v) is 8.85. The highest BCUT2D eigenvalue weighted by molar-refractivity contribution is 7.91. The fourth-order valence-corrected chi connectivity index (χ4v) is 6.79. The van der Waals surface area contributed by atoms with E-state index >= 15 is 0 Å². The fourth-order valence-electron chi connectivity index (χ4n) is 6.25. The largest absolute Gasteiger partial charge is 0.494 e. The topological polar surface area (TPSA) is 123 Å². The van der Waals surface area contributed by atoms with Crippen LogP contribution in [0, 0.1) is 0 Å². The highest BCUT2D eigenvalue weighted by atomic mass is 32.2. The number of anilines is 1. The third-order valence-electron chi connectivity index (χ3n) is 8.07. The molecule has 14 heteroatoms. The lowest BCUT2D eigenvalue weighted by Gasteiger charge is -2.42. The summed E-state index contributed by atoms with van der Waals surface area (Å²) in [6.07, 6.45) is 0.472. The maximum absolute atomic E-state index is 13.7. The lowest BCUT2D eigenvalue weighted by molar-refractivity contribution is -0.136. The van der Waals surface area contributed by atoms with Crippen molar-refractivity contribution < 1.29 is 35.9 Å². The van der Waals surface area contributed by atoms with Gasteiger partial charge in [0.1, 0.15) is 22.9 Å². The van der Waals surface area contributed by atoms with Gasteiger partial charge >= 0.3 is 6.18 Å². The normalized spacial score (nSPS) is 20.7. The number of aromatic nitrogens is 2. The van der Waals surface area contributed by atoms with Crippen LogP contribution in [0.3, 0.4) is 0 Å². The summed E-state index contributed by atoms with van der Waals surface area (Å²) in [5.41, 5.74) is 1.88. The van der Waals surface area contributed by atoms with Gasteiger partial charge in [-0.05, 0) is 74.9 Å². The number of fused-ring (bicyclic) bond motifs is 3. The van der Waals surface area contributed by atoms with Crippen LogP contribution in [0.4, 0.5) is 19.0 Å². The number of hydrogen-bond acceptors (Lipinski definition) is 7. The highest BCUT2D eigenvalue weighted by Gasteiger charge is 2.45. The number of nitrogens with zero attached hydrogens (tertiary/aromatic N) is 3. The highest BCUT2D eigenvalue weighted by Crippen LogP contribution is 2.43. The molecule has 0 saturated carbocycles. The second-order valence-electron chi connectivity index (χ2n) is 11.5. The molecular weight excluding hydrogens is 575 g/mol. The van der Waals surface area contributed by atoms with E-state index in [2.05, 4.69) is 15.5 Å². The van der Waals surface area contributed by atoms with Gasteiger partial charge in [-0.1, -0.05) is 6.07 Å². The van der Waals surface area contributed by atoms with Gasteiger partial charge in [-0.25, -0.2) is 13.1 Å². The van der Waals surface area contributed by atoms with E-state index in [1.54, 1.807) is 10.7 Å². The monoisotopic (exact) mass is 611 g/mol. The van der Waals surface area contributed by atoms with Crippen LogP contribution in [0.5, 0.6) is 5.75 Å². The minimum atomic E-state index is -4.22. The number of nitrogens with one attached hydrogen (secondary N) is 2. The summed E-state index contributed by atoms with van der Waals surface area (Å²) in [7, 11) is -3.58. The van der Waals surface area contributed by atoms with Gasteiger partial charge in [-0.2, -0.15) is 18.3 Å². The molecule has 1 aromatic carbocycles. The number of amides is 2. The van der Waals surface area contributed by atoms with Crippen molar-refractivity contribution in [1.29, 1.82) is 0 Å². The first-order valence-corrected chi connectivity index (χ1v) is 16.3. The number of carbonyl (C=O) groups is 2. The minimum Gasteiger partial charge on any atom is -0.494 e. The SMILES string of the molecule is CS(=O)(=O)CC(=O)Nc1c2c(nn1CCN1CCCC1)C[C@]1(CCCc3cc(OCCCC(F)(F)F)ccc31)NC2=O. The molecule has 0 radical (unpaired) electrons. The molecule has 10 nitrogen and oxygen atoms in total. The smallest absolute Gasteiger partial charge is 0.389 e. The summed E-state index contributed by atoms with van der Waals surface area (Å²) < 4.78 is 68.1. The van der Waals surface area contributed by atoms with Gasteiger partial charge in [-0.3, -0.25) is 9.59 Å². The summed E-state index contributed by atoms with van der Waals surface area (Å²) in [5, 5.41) is 10.6. The molecule has 2 amide bonds. The maximum Gasteiger partial charge on any atom is 0.389 e. The molecular formula is C28H36F3N5O5S. The van der Waals surface area contributed by atoms with Gasteiger partial charge in [-0.15, -0.1) is 0 Å². The van der Waals surface area contributed by atoms with Gasteiger partial charge in [0.25, 0.3) is 5.91 Å². The Morgan fingerprint density at radius 1 is 1.19 bits per heavy atom. The molecule has 0 unspecified atom stereocenters. The second-order valence-corrected chi connectivity index (χ2v) is 13.7. The van der Waals surface area contributed by atoms with Crippen LogP contribution in [-0.4, -0.2) is 79.3 Å². The number of aryl methyl sites for hydroxylation is 1. The number of alkyl halides is 3. The first kappa shape index (κ1) is 30.3. The summed E-state index contributed by atoms with van der Waals surface area (Å²) in [6, 6.07) is 5.40. The Morgan fingerprint density at radius 2 is 1.95 bits per heavy atom. The Kier molecular flexibility index (Phi) is 8.57. The van der Waals surface area contributed by atoms with E-state index in [0.29, 0.717) is 37.4 Å². The van der Waals surface area contributed by atoms with Gasteiger partial charge in [0, 0.05) is 25.6 Å². The fraction of sp³-hybridized carbons (Fsp3) is 0.607. The van der Waals surface area contributed by atoms with E-state index in [0.717, 1.165) is 56.2 Å². The van der Waals surface area contributed by atoms with Gasteiger partial charge in [0.15, 0.2) is 9.84 Å². The number of rotatable bonds is 10. The molecule has 1 fully saturated rings. The first-order valence-electron chi connectivity index (χ1n) is 14.3. The Labute approximate surface area is 242 Å². The summed E-state index contributed by atoms with van der Waals surface area (Å²) >= 11 is 0. The molecule has 1 saturated heterocycles. The zero-order valence-corrected chi connectivity index (χ0v) is 24.4. The van der Waals surface area contributed by atoms with Gasteiger partial charge in [0.05, 0.1) is 24.4 Å². The zero-order valence-electron chi connectivity index (χ0n) is 23.6. The van der Waals surface area contributed by atoms with E-state index in [9.17, 15) is 31.2 Å². The average molecular weight is 612 g/mol. The molecule has 2 aromatic rings. The van der Waals surface area contributed by atoms with E-state index in [-0.39, 0.29) is 24.4 Å². The average Bonchev–Trinajstić information content (AvgIpc) is 3.52. The quantitative estimate of drug-likeness (QED) is 0.396. The predicted octanol–water partition coefficient (Wildman–Crippen LogP) is 3.20. The van der Waals surface area contributed by atoms with Gasteiger partial charge < -0.3 is 20.3 Å². The Bertz CT molecular complexity index is 1450. The number of likely N-dealkylation sites (tertiary alicyclic amines) is 1. The summed E-state index contributed by atoms with van der Waals surface area (Å²) in [4.78, 5) is 28.6. The molecule has 42 heavy (non-hydrogen) atoms. The van der Waals surface area contributed by atoms with Crippen LogP contribution in [-0.2, 0) is 39.6 Å². The number of sulfone groups is 1. The van der Waals surface area contributed by atoms with Crippen molar-refractivity contribution in [2.45, 2.75) is 69.6 Å². The van der Waals surface area contributed by atoms with E-state index in [4.69, 9.17) is 9.84 Å². The number of benzene rings is 1. The van der Waals surface area contributed by atoms with Crippen LogP contribution in [0.2, 0.25) is 0 Å². The van der Waals surface area contributed by atoms with Crippen molar-refractivity contribution in [3.8, 4) is 5.75 Å². The Hall–Kier alpha value is -3.13. The molecule has 3 heterocycles. The maximum atomic E-state index is 13.7. The lowest BCUT2D eigenvalue weighted by atomic mass is 9.72. The number of ether oxygens (including phenoxy) is 1. The molecule has 5 rings (SSSR count). The van der Waals surface area contributed by atoms with Crippen molar-refractivity contribution in [2.75, 3.05) is 43.6 Å². The van der Waals surface area contributed by atoms with E-state index in [1.165, 1.54) is 0 Å². The van der Waals surface area contributed by atoms with Crippen molar-refractivity contribution in [3.63, 3.8) is 0 Å². The standard InChI is InChI=1S/C28H36F3N5O5S/c1-42(39,40)18-23(37)32-25-24-22(34-36(25)14-13-35-11-2-3-12-35)17-27(33-26(24)38)9-4-6-19-16-20(7-8-21(19)27)41-15-5-10-28(29,30)31/h7-8,16H,2-6,9-15,17-18H2,1H3,(H,32,37)(H,33,38)/t27-/m0/s1. The molecule has 2 N–H and O–H groups in total. The molecule has 2 aliphatic heterocycles. The van der Waals surface area contributed by atoms with Crippen LogP contribution < -0.4 is 15.4 Å². The van der Waals surface area contributed by atoms with Crippen LogP contribution in [0.1, 0.15) is 65.7 Å². The van der Waals surface area contributed by atoms with Crippen molar-refractivity contribution >= 4 is 27.5 Å². The second kappa shape index (κ2) is 11.9. The lowest BCUT2D eigenvalue weighted by Crippen LogP contribution is -2.52. The van der Waals surface area contributed by atoms with Crippen LogP contribution in [0.25, 0.3) is 0 Å². The van der Waals surface area contributed by atoms with Crippen molar-refractivity contribution in [1.82, 2.24) is 20.0 Å². The number of carbonyl (C=O) groups excluding carboxylic acids is 2. The summed E-state index contributed by atoms with van der Waals surface area (Å²) in [6.45, 7) is 2.98. The zero-order chi connectivity index (χ0) is 30.1. The third kappa shape index (κ3) is 7.08. The minimum absolute atomic E-state index is 0.0494. The molecule has 1 spiro atoms. The molecule has 1 aliphatic carbocycles. The summed E-state index contributed by atoms with van der Waals surface area (Å²) in [5.74, 6) is -1.17. The molecule has 1 atom stereocenters. The van der Waals surface area contributed by atoms with Gasteiger partial charge in [0.2, 0.25) is 5.91 Å². The van der Waals surface area contributed by atoms with E-state index < -0.39 is 45.5 Å². The molecule has 3 aliphatic rings. The first-order chi connectivity index (χ1) is 19.8. The van der Waals surface area contributed by atoms with Crippen LogP contribution >= 0.6 is 0 Å².